The second-order valence-electron chi connectivity index (χ2n) is 5.57. The van der Waals surface area contributed by atoms with Gasteiger partial charge in [-0.2, -0.15) is 13.2 Å². The Morgan fingerprint density at radius 2 is 1.88 bits per heavy atom. The van der Waals surface area contributed by atoms with E-state index in [1.54, 1.807) is 0 Å². The number of benzene rings is 2. The fourth-order valence-electron chi connectivity index (χ4n) is 2.26. The number of nitrogens with one attached hydrogen (secondary N) is 2. The van der Waals surface area contributed by atoms with Crippen LogP contribution < -0.4 is 10.6 Å². The van der Waals surface area contributed by atoms with Crippen LogP contribution in [0.2, 0.25) is 5.02 Å². The highest BCUT2D eigenvalue weighted by atomic mass is 35.5. The Bertz CT molecular complexity index is 747. The summed E-state index contributed by atoms with van der Waals surface area (Å²) in [5.74, 6) is -0.180. The predicted molar refractivity (Wildman–Crippen MR) is 92.6 cm³/mol. The Labute approximate surface area is 149 Å². The molecule has 0 aromatic heterocycles. The first-order chi connectivity index (χ1) is 11.8. The van der Waals surface area contributed by atoms with Gasteiger partial charge in [0.25, 0.3) is 0 Å². The number of anilines is 1. The normalized spacial score (nSPS) is 11.2. The molecule has 0 bridgehead atoms. The van der Waals surface area contributed by atoms with E-state index in [4.69, 9.17) is 11.6 Å². The smallest absolute Gasteiger partial charge is 0.385 e. The Morgan fingerprint density at radius 3 is 2.56 bits per heavy atom. The molecular weight excluding hydrogens is 353 g/mol. The van der Waals surface area contributed by atoms with Crippen molar-refractivity contribution < 1.29 is 18.0 Å². The fourth-order valence-corrected chi connectivity index (χ4v) is 2.49. The summed E-state index contributed by atoms with van der Waals surface area (Å²) in [7, 11) is 0. The van der Waals surface area contributed by atoms with Gasteiger partial charge in [0.15, 0.2) is 0 Å². The molecule has 0 radical (unpaired) electrons. The summed E-state index contributed by atoms with van der Waals surface area (Å²) in [6.07, 6.45) is -4.37. The molecule has 2 aromatic rings. The van der Waals surface area contributed by atoms with Gasteiger partial charge in [0.2, 0.25) is 5.91 Å². The molecule has 3 nitrogen and oxygen atoms in total. The van der Waals surface area contributed by atoms with Gasteiger partial charge >= 0.3 is 6.18 Å². The van der Waals surface area contributed by atoms with E-state index < -0.39 is 11.7 Å². The van der Waals surface area contributed by atoms with Crippen molar-refractivity contribution in [2.75, 3.05) is 11.9 Å². The Hall–Kier alpha value is -2.21. The third-order valence-electron chi connectivity index (χ3n) is 3.69. The molecule has 25 heavy (non-hydrogen) atoms. The summed E-state index contributed by atoms with van der Waals surface area (Å²) in [6.45, 7) is 2.60. The summed E-state index contributed by atoms with van der Waals surface area (Å²) in [5.41, 5.74) is 1.48. The van der Waals surface area contributed by atoms with E-state index in [0.717, 1.165) is 17.2 Å². The number of alkyl halides is 3. The molecule has 0 heterocycles. The lowest BCUT2D eigenvalue weighted by molar-refractivity contribution is -0.137. The minimum absolute atomic E-state index is 0.149. The number of aryl methyl sites for hydroxylation is 1. The second-order valence-corrected chi connectivity index (χ2v) is 5.98. The molecule has 2 rings (SSSR count). The molecule has 134 valence electrons. The Balaban J connectivity index is 1.82. The average Bonchev–Trinajstić information content (AvgIpc) is 2.54. The molecule has 0 unspecified atom stereocenters. The number of hydrogen-bond acceptors (Lipinski definition) is 2. The van der Waals surface area contributed by atoms with Crippen LogP contribution in [-0.2, 0) is 17.5 Å². The van der Waals surface area contributed by atoms with E-state index in [-0.39, 0.29) is 29.6 Å². The van der Waals surface area contributed by atoms with Gasteiger partial charge in [0.05, 0.1) is 10.6 Å². The maximum atomic E-state index is 12.8. The second kappa shape index (κ2) is 8.25. The maximum Gasteiger partial charge on any atom is 0.417 e. The van der Waals surface area contributed by atoms with Gasteiger partial charge in [-0.3, -0.25) is 4.79 Å². The number of rotatable bonds is 6. The predicted octanol–water partition coefficient (Wildman–Crippen LogP) is 4.79. The van der Waals surface area contributed by atoms with E-state index in [1.807, 2.05) is 31.2 Å². The third kappa shape index (κ3) is 5.67. The molecule has 0 saturated heterocycles. The molecule has 2 aromatic carbocycles. The van der Waals surface area contributed by atoms with Crippen LogP contribution in [0.4, 0.5) is 18.9 Å². The van der Waals surface area contributed by atoms with E-state index >= 15 is 0 Å². The highest BCUT2D eigenvalue weighted by Crippen LogP contribution is 2.36. The lowest BCUT2D eigenvalue weighted by Gasteiger charge is -2.12. The standard InChI is InChI=1S/C18H18ClF3N2O/c1-12-4-2-3-5-13(12)11-24-17(25)8-9-23-14-6-7-16(19)15(10-14)18(20,21)22/h2-7,10,23H,8-9,11H2,1H3,(H,24,25). The molecule has 1 amide bonds. The zero-order valence-corrected chi connectivity index (χ0v) is 14.3. The van der Waals surface area contributed by atoms with Gasteiger partial charge in [-0.25, -0.2) is 0 Å². The largest absolute Gasteiger partial charge is 0.417 e. The summed E-state index contributed by atoms with van der Waals surface area (Å²) in [5, 5.41) is 5.24. The van der Waals surface area contributed by atoms with Gasteiger partial charge in [-0.05, 0) is 36.2 Å². The van der Waals surface area contributed by atoms with Crippen molar-refractivity contribution >= 4 is 23.2 Å². The molecule has 7 heteroatoms. The van der Waals surface area contributed by atoms with Crippen molar-refractivity contribution in [1.82, 2.24) is 5.32 Å². The fraction of sp³-hybridized carbons (Fsp3) is 0.278. The minimum Gasteiger partial charge on any atom is -0.385 e. The molecule has 0 spiro atoms. The molecule has 0 saturated carbocycles. The van der Waals surface area contributed by atoms with E-state index in [2.05, 4.69) is 10.6 Å². The average molecular weight is 371 g/mol. The van der Waals surface area contributed by atoms with Crippen LogP contribution in [0, 0.1) is 6.92 Å². The van der Waals surface area contributed by atoms with Crippen molar-refractivity contribution in [3.8, 4) is 0 Å². The van der Waals surface area contributed by atoms with Crippen molar-refractivity contribution in [2.45, 2.75) is 26.1 Å². The first-order valence-electron chi connectivity index (χ1n) is 7.69. The number of hydrogen-bond donors (Lipinski definition) is 2. The highest BCUT2D eigenvalue weighted by Gasteiger charge is 2.33. The topological polar surface area (TPSA) is 41.1 Å². The van der Waals surface area contributed by atoms with Crippen LogP contribution in [-0.4, -0.2) is 12.5 Å². The number of halogens is 4. The number of carbonyl (C=O) groups is 1. The monoisotopic (exact) mass is 370 g/mol. The van der Waals surface area contributed by atoms with Crippen LogP contribution in [0.15, 0.2) is 42.5 Å². The van der Waals surface area contributed by atoms with Crippen LogP contribution in [0.25, 0.3) is 0 Å². The Kier molecular flexibility index (Phi) is 6.31. The van der Waals surface area contributed by atoms with Crippen molar-refractivity contribution in [3.05, 3.63) is 64.2 Å². The third-order valence-corrected chi connectivity index (χ3v) is 4.02. The molecular formula is C18H18ClF3N2O. The van der Waals surface area contributed by atoms with Crippen LogP contribution in [0.1, 0.15) is 23.1 Å². The van der Waals surface area contributed by atoms with Crippen LogP contribution >= 0.6 is 11.6 Å². The minimum atomic E-state index is -4.51. The SMILES string of the molecule is Cc1ccccc1CNC(=O)CCNc1ccc(Cl)c(C(F)(F)F)c1. The van der Waals surface area contributed by atoms with Crippen LogP contribution in [0.3, 0.4) is 0 Å². The van der Waals surface area contributed by atoms with E-state index in [9.17, 15) is 18.0 Å². The van der Waals surface area contributed by atoms with E-state index in [0.29, 0.717) is 6.54 Å². The summed E-state index contributed by atoms with van der Waals surface area (Å²) < 4.78 is 38.4. The molecule has 2 N–H and O–H groups in total. The zero-order chi connectivity index (χ0) is 18.4. The molecule has 0 atom stereocenters. The molecule has 0 aliphatic heterocycles. The van der Waals surface area contributed by atoms with Gasteiger partial charge < -0.3 is 10.6 Å². The van der Waals surface area contributed by atoms with Crippen molar-refractivity contribution in [2.24, 2.45) is 0 Å². The van der Waals surface area contributed by atoms with Gasteiger partial charge in [-0.1, -0.05) is 35.9 Å². The molecule has 0 aliphatic carbocycles. The summed E-state index contributed by atoms with van der Waals surface area (Å²) in [6, 6.07) is 11.3. The highest BCUT2D eigenvalue weighted by molar-refractivity contribution is 6.31. The maximum absolute atomic E-state index is 12.8. The number of amides is 1. The van der Waals surface area contributed by atoms with Crippen molar-refractivity contribution in [3.63, 3.8) is 0 Å². The van der Waals surface area contributed by atoms with Gasteiger partial charge in [0, 0.05) is 25.2 Å². The lowest BCUT2D eigenvalue weighted by atomic mass is 10.1. The first-order valence-corrected chi connectivity index (χ1v) is 8.07. The lowest BCUT2D eigenvalue weighted by Crippen LogP contribution is -2.25. The quantitative estimate of drug-likeness (QED) is 0.768. The molecule has 0 fully saturated rings. The Morgan fingerprint density at radius 1 is 1.16 bits per heavy atom. The van der Waals surface area contributed by atoms with Gasteiger partial charge in [-0.15, -0.1) is 0 Å². The van der Waals surface area contributed by atoms with Crippen molar-refractivity contribution in [1.29, 1.82) is 0 Å². The number of carbonyl (C=O) groups excluding carboxylic acids is 1. The summed E-state index contributed by atoms with van der Waals surface area (Å²) >= 11 is 5.57. The van der Waals surface area contributed by atoms with E-state index in [1.165, 1.54) is 12.1 Å². The van der Waals surface area contributed by atoms with Crippen LogP contribution in [0.5, 0.6) is 0 Å². The zero-order valence-electron chi connectivity index (χ0n) is 13.6. The van der Waals surface area contributed by atoms with Gasteiger partial charge in [0.1, 0.15) is 0 Å². The first kappa shape index (κ1) is 19.1. The summed E-state index contributed by atoms with van der Waals surface area (Å²) in [4.78, 5) is 11.8. The molecule has 0 aliphatic rings.